The Hall–Kier alpha value is -1.10. The van der Waals surface area contributed by atoms with Crippen LogP contribution in [0, 0.1) is 5.92 Å². The molecule has 0 saturated heterocycles. The molecular formula is C48H95NO4. The van der Waals surface area contributed by atoms with Gasteiger partial charge in [0, 0.05) is 25.4 Å². The standard InChI is InChI=1S/C48H95NO4/c1-8-12-36-45(37-13-9-2)52-47(50)40-32-28-24-20-16-18-22-26-30-34-44(42-49(7)43(5)6)35-31-27-23-19-17-21-25-29-33-41-48(51)53-46(38-14-10-3)39-15-11-4/h43-46H,8-42H2,1-7H3. The Balaban J connectivity index is 3.96. The molecule has 0 saturated carbocycles. The van der Waals surface area contributed by atoms with Crippen molar-refractivity contribution in [2.75, 3.05) is 13.6 Å². The molecule has 0 heterocycles. The summed E-state index contributed by atoms with van der Waals surface area (Å²) < 4.78 is 11.6. The molecule has 5 nitrogen and oxygen atoms in total. The first-order chi connectivity index (χ1) is 25.8. The molecule has 0 atom stereocenters. The normalized spacial score (nSPS) is 11.9. The Morgan fingerprint density at radius 2 is 0.698 bits per heavy atom. The minimum absolute atomic E-state index is 0.0309. The summed E-state index contributed by atoms with van der Waals surface area (Å²) in [5.74, 6) is 0.898. The lowest BCUT2D eigenvalue weighted by Gasteiger charge is -2.27. The molecule has 316 valence electrons. The molecular weight excluding hydrogens is 655 g/mol. The molecule has 0 aromatic heterocycles. The zero-order valence-corrected chi connectivity index (χ0v) is 37.1. The van der Waals surface area contributed by atoms with Crippen LogP contribution in [0.2, 0.25) is 0 Å². The second-order valence-electron chi connectivity index (χ2n) is 17.1. The van der Waals surface area contributed by atoms with Gasteiger partial charge in [0.15, 0.2) is 0 Å². The Labute approximate surface area is 332 Å². The van der Waals surface area contributed by atoms with Gasteiger partial charge in [0.2, 0.25) is 0 Å². The van der Waals surface area contributed by atoms with Gasteiger partial charge in [-0.05, 0) is 78.2 Å². The van der Waals surface area contributed by atoms with E-state index in [1.54, 1.807) is 0 Å². The van der Waals surface area contributed by atoms with Gasteiger partial charge in [0.05, 0.1) is 0 Å². The maximum Gasteiger partial charge on any atom is 0.306 e. The van der Waals surface area contributed by atoms with Crippen LogP contribution in [0.4, 0.5) is 0 Å². The van der Waals surface area contributed by atoms with Gasteiger partial charge in [-0.15, -0.1) is 0 Å². The first-order valence-corrected chi connectivity index (χ1v) is 23.9. The van der Waals surface area contributed by atoms with E-state index in [1.165, 1.54) is 135 Å². The van der Waals surface area contributed by atoms with E-state index in [0.29, 0.717) is 18.9 Å². The number of carbonyl (C=O) groups excluding carboxylic acids is 2. The van der Waals surface area contributed by atoms with E-state index in [1.807, 2.05) is 0 Å². The third-order valence-corrected chi connectivity index (χ3v) is 11.5. The fourth-order valence-corrected chi connectivity index (χ4v) is 7.57. The lowest BCUT2D eigenvalue weighted by Crippen LogP contribution is -2.31. The van der Waals surface area contributed by atoms with Crippen LogP contribution in [-0.2, 0) is 19.1 Å². The van der Waals surface area contributed by atoms with Crippen LogP contribution in [-0.4, -0.2) is 48.7 Å². The van der Waals surface area contributed by atoms with Gasteiger partial charge in [0.25, 0.3) is 0 Å². The Morgan fingerprint density at radius 3 is 0.981 bits per heavy atom. The van der Waals surface area contributed by atoms with E-state index in [4.69, 9.17) is 9.47 Å². The quantitative estimate of drug-likeness (QED) is 0.0460. The van der Waals surface area contributed by atoms with E-state index < -0.39 is 0 Å². The number of carbonyl (C=O) groups is 2. The van der Waals surface area contributed by atoms with E-state index in [2.05, 4.69) is 53.5 Å². The summed E-state index contributed by atoms with van der Waals surface area (Å²) >= 11 is 0. The van der Waals surface area contributed by atoms with Crippen LogP contribution in [0.5, 0.6) is 0 Å². The molecule has 0 aliphatic heterocycles. The largest absolute Gasteiger partial charge is 0.462 e. The first-order valence-electron chi connectivity index (χ1n) is 23.9. The molecule has 0 rings (SSSR count). The molecule has 0 bridgehead atoms. The van der Waals surface area contributed by atoms with Gasteiger partial charge in [-0.1, -0.05) is 182 Å². The van der Waals surface area contributed by atoms with Crippen LogP contribution < -0.4 is 0 Å². The maximum atomic E-state index is 12.3. The fourth-order valence-electron chi connectivity index (χ4n) is 7.57. The lowest BCUT2D eigenvalue weighted by atomic mass is 9.93. The Bertz CT molecular complexity index is 714. The number of ether oxygens (including phenoxy) is 2. The summed E-state index contributed by atoms with van der Waals surface area (Å²) in [4.78, 5) is 27.2. The van der Waals surface area contributed by atoms with Gasteiger partial charge >= 0.3 is 11.9 Å². The highest BCUT2D eigenvalue weighted by molar-refractivity contribution is 5.69. The van der Waals surface area contributed by atoms with Crippen LogP contribution in [0.1, 0.15) is 260 Å². The first kappa shape index (κ1) is 51.9. The molecule has 5 heteroatoms. The third kappa shape index (κ3) is 35.1. The van der Waals surface area contributed by atoms with Crippen molar-refractivity contribution < 1.29 is 19.1 Å². The molecule has 0 radical (unpaired) electrons. The van der Waals surface area contributed by atoms with Crippen molar-refractivity contribution in [3.63, 3.8) is 0 Å². The minimum atomic E-state index is 0.0309. The molecule has 0 amide bonds. The molecule has 0 N–H and O–H groups in total. The summed E-state index contributed by atoms with van der Waals surface area (Å²) in [6, 6.07) is 0.621. The topological polar surface area (TPSA) is 55.8 Å². The van der Waals surface area contributed by atoms with E-state index in [-0.39, 0.29) is 24.1 Å². The fraction of sp³-hybridized carbons (Fsp3) is 0.958. The van der Waals surface area contributed by atoms with Gasteiger partial charge in [0.1, 0.15) is 12.2 Å². The summed E-state index contributed by atoms with van der Waals surface area (Å²) in [5, 5.41) is 0. The Kier molecular flexibility index (Phi) is 38.3. The minimum Gasteiger partial charge on any atom is -0.462 e. The summed E-state index contributed by atoms with van der Waals surface area (Å²) in [7, 11) is 2.30. The second kappa shape index (κ2) is 39.1. The molecule has 53 heavy (non-hydrogen) atoms. The van der Waals surface area contributed by atoms with Crippen molar-refractivity contribution in [3.8, 4) is 0 Å². The van der Waals surface area contributed by atoms with Crippen molar-refractivity contribution in [3.05, 3.63) is 0 Å². The van der Waals surface area contributed by atoms with Crippen LogP contribution in [0.25, 0.3) is 0 Å². The molecule has 0 unspecified atom stereocenters. The van der Waals surface area contributed by atoms with E-state index in [0.717, 1.165) is 83.0 Å². The second-order valence-corrected chi connectivity index (χ2v) is 17.1. The zero-order chi connectivity index (χ0) is 39.2. The molecule has 0 aliphatic carbocycles. The average molecular weight is 750 g/mol. The molecule has 0 fully saturated rings. The zero-order valence-electron chi connectivity index (χ0n) is 37.1. The summed E-state index contributed by atoms with van der Waals surface area (Å²) in [5.41, 5.74) is 0. The van der Waals surface area contributed by atoms with Crippen molar-refractivity contribution in [1.82, 2.24) is 4.90 Å². The maximum absolute atomic E-state index is 12.3. The number of esters is 2. The Morgan fingerprint density at radius 1 is 0.415 bits per heavy atom. The lowest BCUT2D eigenvalue weighted by molar-refractivity contribution is -0.151. The predicted molar refractivity (Wildman–Crippen MR) is 231 cm³/mol. The number of unbranched alkanes of at least 4 members (excludes halogenated alkanes) is 20. The molecule has 0 spiro atoms. The molecule has 0 aliphatic rings. The van der Waals surface area contributed by atoms with Crippen molar-refractivity contribution in [2.24, 2.45) is 5.92 Å². The summed E-state index contributed by atoms with van der Waals surface area (Å²) in [6.45, 7) is 14.7. The number of rotatable bonds is 41. The number of hydrogen-bond acceptors (Lipinski definition) is 5. The van der Waals surface area contributed by atoms with Crippen molar-refractivity contribution in [2.45, 2.75) is 278 Å². The average Bonchev–Trinajstić information content (AvgIpc) is 3.14. The SMILES string of the molecule is CCCCC(CCCC)OC(=O)CCCCCCCCCCCC(CCCCCCCCCCCC(=O)OC(CCCC)CCCC)CN(C)C(C)C. The molecule has 0 aromatic carbocycles. The summed E-state index contributed by atoms with van der Waals surface area (Å²) in [6.07, 6.45) is 40.8. The van der Waals surface area contributed by atoms with Gasteiger partial charge < -0.3 is 14.4 Å². The highest BCUT2D eigenvalue weighted by Crippen LogP contribution is 2.22. The monoisotopic (exact) mass is 750 g/mol. The van der Waals surface area contributed by atoms with E-state index in [9.17, 15) is 9.59 Å². The van der Waals surface area contributed by atoms with Gasteiger partial charge in [-0.3, -0.25) is 9.59 Å². The predicted octanol–water partition coefficient (Wildman–Crippen LogP) is 15.1. The van der Waals surface area contributed by atoms with E-state index >= 15 is 0 Å². The van der Waals surface area contributed by atoms with Crippen LogP contribution >= 0.6 is 0 Å². The van der Waals surface area contributed by atoms with Crippen LogP contribution in [0.15, 0.2) is 0 Å². The number of nitrogens with zero attached hydrogens (tertiary/aromatic N) is 1. The van der Waals surface area contributed by atoms with Crippen molar-refractivity contribution >= 4 is 11.9 Å². The smallest absolute Gasteiger partial charge is 0.306 e. The number of hydrogen-bond donors (Lipinski definition) is 0. The van der Waals surface area contributed by atoms with Gasteiger partial charge in [-0.2, -0.15) is 0 Å². The highest BCUT2D eigenvalue weighted by Gasteiger charge is 2.16. The third-order valence-electron chi connectivity index (χ3n) is 11.5. The van der Waals surface area contributed by atoms with Gasteiger partial charge in [-0.25, -0.2) is 0 Å². The van der Waals surface area contributed by atoms with Crippen LogP contribution in [0.3, 0.4) is 0 Å². The highest BCUT2D eigenvalue weighted by atomic mass is 16.5. The van der Waals surface area contributed by atoms with Crippen molar-refractivity contribution in [1.29, 1.82) is 0 Å². The molecule has 0 aromatic rings.